The Balaban J connectivity index is 1.74. The second-order valence-corrected chi connectivity index (χ2v) is 6.83. The van der Waals surface area contributed by atoms with Crippen molar-refractivity contribution in [3.05, 3.63) is 29.3 Å². The van der Waals surface area contributed by atoms with E-state index in [0.29, 0.717) is 30.2 Å². The lowest BCUT2D eigenvalue weighted by atomic mass is 10.2. The van der Waals surface area contributed by atoms with Crippen LogP contribution in [-0.2, 0) is 16.0 Å². The van der Waals surface area contributed by atoms with E-state index in [2.05, 4.69) is 4.98 Å². The Morgan fingerprint density at radius 2 is 2.08 bits per heavy atom. The molecule has 1 aliphatic rings. The Morgan fingerprint density at radius 1 is 1.31 bits per heavy atom. The molecule has 2 aromatic rings. The van der Waals surface area contributed by atoms with Gasteiger partial charge in [0.25, 0.3) is 0 Å². The minimum atomic E-state index is -0.944. The number of carboxylic acids is 1. The highest BCUT2D eigenvalue weighted by Gasteiger charge is 2.33. The fourth-order valence-corrected chi connectivity index (χ4v) is 3.89. The number of ether oxygens (including phenoxy) is 2. The number of amides is 1. The molecular weight excluding hydrogens is 356 g/mol. The summed E-state index contributed by atoms with van der Waals surface area (Å²) in [6.45, 7) is 0.489. The van der Waals surface area contributed by atoms with Gasteiger partial charge >= 0.3 is 5.97 Å². The first kappa shape index (κ1) is 18.2. The molecule has 1 aromatic carbocycles. The molecule has 1 amide bonds. The molecular formula is C18H20N2O5S. The van der Waals surface area contributed by atoms with Crippen molar-refractivity contribution in [2.24, 2.45) is 0 Å². The summed E-state index contributed by atoms with van der Waals surface area (Å²) < 4.78 is 10.5. The third kappa shape index (κ3) is 3.65. The summed E-state index contributed by atoms with van der Waals surface area (Å²) in [5.74, 6) is 0.107. The van der Waals surface area contributed by atoms with Crippen molar-refractivity contribution in [3.63, 3.8) is 0 Å². The van der Waals surface area contributed by atoms with Crippen LogP contribution in [-0.4, -0.2) is 53.7 Å². The number of carbonyl (C=O) groups excluding carboxylic acids is 1. The molecule has 138 valence electrons. The number of methoxy groups -OCH3 is 2. The molecule has 0 bridgehead atoms. The molecule has 0 radical (unpaired) electrons. The Kier molecular flexibility index (Phi) is 5.41. The molecule has 2 heterocycles. The molecule has 0 saturated carbocycles. The van der Waals surface area contributed by atoms with Gasteiger partial charge in [-0.1, -0.05) is 0 Å². The highest BCUT2D eigenvalue weighted by Crippen LogP contribution is 2.33. The van der Waals surface area contributed by atoms with Crippen LogP contribution in [0.4, 0.5) is 0 Å². The van der Waals surface area contributed by atoms with E-state index in [1.165, 1.54) is 16.2 Å². The van der Waals surface area contributed by atoms with Gasteiger partial charge in [0, 0.05) is 17.5 Å². The summed E-state index contributed by atoms with van der Waals surface area (Å²) >= 11 is 1.43. The molecule has 1 fully saturated rings. The number of likely N-dealkylation sites (tertiary alicyclic amines) is 1. The summed E-state index contributed by atoms with van der Waals surface area (Å²) in [5.41, 5.74) is 1.51. The van der Waals surface area contributed by atoms with Gasteiger partial charge in [0.05, 0.1) is 26.3 Å². The Bertz CT molecular complexity index is 820. The monoisotopic (exact) mass is 376 g/mol. The Morgan fingerprint density at radius 3 is 2.77 bits per heavy atom. The smallest absolute Gasteiger partial charge is 0.326 e. The number of rotatable bonds is 6. The first-order valence-corrected chi connectivity index (χ1v) is 9.10. The van der Waals surface area contributed by atoms with E-state index in [9.17, 15) is 14.7 Å². The van der Waals surface area contributed by atoms with E-state index in [1.54, 1.807) is 14.2 Å². The molecule has 3 rings (SSSR count). The molecule has 1 aromatic heterocycles. The molecule has 1 N–H and O–H groups in total. The first-order chi connectivity index (χ1) is 12.5. The van der Waals surface area contributed by atoms with Gasteiger partial charge in [0.15, 0.2) is 11.5 Å². The van der Waals surface area contributed by atoms with Gasteiger partial charge in [-0.25, -0.2) is 9.78 Å². The zero-order valence-electron chi connectivity index (χ0n) is 14.6. The van der Waals surface area contributed by atoms with Gasteiger partial charge in [-0.3, -0.25) is 4.79 Å². The van der Waals surface area contributed by atoms with Crippen LogP contribution in [0.2, 0.25) is 0 Å². The van der Waals surface area contributed by atoms with Gasteiger partial charge in [-0.05, 0) is 31.0 Å². The zero-order chi connectivity index (χ0) is 18.7. The van der Waals surface area contributed by atoms with Crippen molar-refractivity contribution in [1.29, 1.82) is 0 Å². The number of carboxylic acid groups (broad SMARTS) is 1. The minimum Gasteiger partial charge on any atom is -0.493 e. The molecule has 8 heteroatoms. The second-order valence-electron chi connectivity index (χ2n) is 5.97. The summed E-state index contributed by atoms with van der Waals surface area (Å²) in [7, 11) is 3.15. The van der Waals surface area contributed by atoms with Crippen molar-refractivity contribution in [1.82, 2.24) is 9.88 Å². The normalized spacial score (nSPS) is 16.5. The molecule has 26 heavy (non-hydrogen) atoms. The van der Waals surface area contributed by atoms with Crippen molar-refractivity contribution >= 4 is 23.2 Å². The quantitative estimate of drug-likeness (QED) is 0.833. The molecule has 1 aliphatic heterocycles. The largest absolute Gasteiger partial charge is 0.493 e. The maximum absolute atomic E-state index is 12.4. The number of nitrogens with zero attached hydrogens (tertiary/aromatic N) is 2. The van der Waals surface area contributed by atoms with E-state index in [4.69, 9.17) is 9.47 Å². The topological polar surface area (TPSA) is 89.0 Å². The fraction of sp³-hybridized carbons (Fsp3) is 0.389. The Labute approximate surface area is 155 Å². The first-order valence-electron chi connectivity index (χ1n) is 8.22. The van der Waals surface area contributed by atoms with Gasteiger partial charge in [-0.15, -0.1) is 11.3 Å². The van der Waals surface area contributed by atoms with Crippen LogP contribution in [0, 0.1) is 0 Å². The van der Waals surface area contributed by atoms with Crippen LogP contribution in [0.3, 0.4) is 0 Å². The molecule has 7 nitrogen and oxygen atoms in total. The van der Waals surface area contributed by atoms with Crippen molar-refractivity contribution in [3.8, 4) is 22.1 Å². The highest BCUT2D eigenvalue weighted by atomic mass is 32.1. The van der Waals surface area contributed by atoms with Gasteiger partial charge < -0.3 is 19.5 Å². The van der Waals surface area contributed by atoms with Crippen molar-refractivity contribution < 1.29 is 24.2 Å². The van der Waals surface area contributed by atoms with Crippen molar-refractivity contribution in [2.75, 3.05) is 20.8 Å². The van der Waals surface area contributed by atoms with Crippen LogP contribution < -0.4 is 9.47 Å². The van der Waals surface area contributed by atoms with E-state index in [0.717, 1.165) is 17.0 Å². The number of benzene rings is 1. The standard InChI is InChI=1S/C18H20N2O5S/c1-24-14-6-5-11(8-15(14)25-2)17-19-12(10-26-17)9-16(21)20-7-3-4-13(20)18(22)23/h5-6,8,10,13H,3-4,7,9H2,1-2H3,(H,22,23)/t13-/m1/s1. The van der Waals surface area contributed by atoms with E-state index in [-0.39, 0.29) is 12.3 Å². The van der Waals surface area contributed by atoms with Crippen LogP contribution >= 0.6 is 11.3 Å². The predicted molar refractivity (Wildman–Crippen MR) is 96.7 cm³/mol. The number of hydrogen-bond acceptors (Lipinski definition) is 6. The Hall–Kier alpha value is -2.61. The molecule has 0 aliphatic carbocycles. The van der Waals surface area contributed by atoms with Gasteiger partial charge in [0.2, 0.25) is 5.91 Å². The number of thiazole rings is 1. The summed E-state index contributed by atoms with van der Waals surface area (Å²) in [6.07, 6.45) is 1.33. The average molecular weight is 376 g/mol. The third-order valence-electron chi connectivity index (χ3n) is 4.37. The van der Waals surface area contributed by atoms with Gasteiger partial charge in [-0.2, -0.15) is 0 Å². The average Bonchev–Trinajstić information content (AvgIpc) is 3.30. The highest BCUT2D eigenvalue weighted by molar-refractivity contribution is 7.13. The SMILES string of the molecule is COc1ccc(-c2nc(CC(=O)N3CCC[C@@H]3C(=O)O)cs2)cc1OC. The zero-order valence-corrected chi connectivity index (χ0v) is 15.4. The maximum atomic E-state index is 12.4. The van der Waals surface area contributed by atoms with E-state index >= 15 is 0 Å². The van der Waals surface area contributed by atoms with Crippen LogP contribution in [0.25, 0.3) is 10.6 Å². The van der Waals surface area contributed by atoms with Crippen LogP contribution in [0.15, 0.2) is 23.6 Å². The predicted octanol–water partition coefficient (Wildman–Crippen LogP) is 2.45. The molecule has 1 saturated heterocycles. The lowest BCUT2D eigenvalue weighted by Gasteiger charge is -2.20. The fourth-order valence-electron chi connectivity index (χ4n) is 3.07. The van der Waals surface area contributed by atoms with Crippen molar-refractivity contribution in [2.45, 2.75) is 25.3 Å². The lowest BCUT2D eigenvalue weighted by molar-refractivity contribution is -0.148. The van der Waals surface area contributed by atoms with Gasteiger partial charge in [0.1, 0.15) is 11.0 Å². The summed E-state index contributed by atoms with van der Waals surface area (Å²) in [6, 6.07) is 4.81. The minimum absolute atomic E-state index is 0.105. The number of aromatic nitrogens is 1. The van der Waals surface area contributed by atoms with E-state index < -0.39 is 12.0 Å². The molecule has 0 unspecified atom stereocenters. The molecule has 0 spiro atoms. The second kappa shape index (κ2) is 7.74. The maximum Gasteiger partial charge on any atom is 0.326 e. The van der Waals surface area contributed by atoms with Crippen LogP contribution in [0.1, 0.15) is 18.5 Å². The third-order valence-corrected chi connectivity index (χ3v) is 5.31. The van der Waals surface area contributed by atoms with Crippen LogP contribution in [0.5, 0.6) is 11.5 Å². The summed E-state index contributed by atoms with van der Waals surface area (Å²) in [4.78, 5) is 29.7. The lowest BCUT2D eigenvalue weighted by Crippen LogP contribution is -2.41. The summed E-state index contributed by atoms with van der Waals surface area (Å²) in [5, 5.41) is 11.8. The number of hydrogen-bond donors (Lipinski definition) is 1. The van der Waals surface area contributed by atoms with E-state index in [1.807, 2.05) is 23.6 Å². The number of carbonyl (C=O) groups is 2. The molecule has 1 atom stereocenters. The number of aliphatic carboxylic acids is 1.